The first-order chi connectivity index (χ1) is 9.42. The Morgan fingerprint density at radius 3 is 2.16 bits per heavy atom. The van der Waals surface area contributed by atoms with Crippen molar-refractivity contribution >= 4 is 5.82 Å². The molecule has 0 aliphatic rings. The van der Waals surface area contributed by atoms with Crippen molar-refractivity contribution in [2.24, 2.45) is 0 Å². The summed E-state index contributed by atoms with van der Waals surface area (Å²) in [5.74, 6) is 0.691. The number of benzene rings is 1. The van der Waals surface area contributed by atoms with Crippen LogP contribution in [-0.4, -0.2) is 4.98 Å². The van der Waals surface area contributed by atoms with Gasteiger partial charge in [-0.3, -0.25) is 0 Å². The Labute approximate surface area is 112 Å². The summed E-state index contributed by atoms with van der Waals surface area (Å²) in [7, 11) is 0. The van der Waals surface area contributed by atoms with Crippen molar-refractivity contribution in [3.63, 3.8) is 0 Å². The van der Waals surface area contributed by atoms with E-state index in [0.717, 1.165) is 11.1 Å². The Balaban J connectivity index is 1.80. The third-order valence-corrected chi connectivity index (χ3v) is 2.77. The molecule has 0 unspecified atom stereocenters. The fourth-order valence-electron chi connectivity index (χ4n) is 1.82. The van der Waals surface area contributed by atoms with Gasteiger partial charge in [0.05, 0.1) is 0 Å². The highest BCUT2D eigenvalue weighted by Gasteiger charge is 1.96. The van der Waals surface area contributed by atoms with E-state index in [1.165, 1.54) is 0 Å². The van der Waals surface area contributed by atoms with Crippen LogP contribution >= 0.6 is 0 Å². The standard InChI is InChI=1S/C16H13N3/c1-3-7-14(8-4-1)15-9-10-16(17-13-15)18-19-11-5-2-6-12-19/h1-13H. The molecule has 19 heavy (non-hydrogen) atoms. The van der Waals surface area contributed by atoms with Gasteiger partial charge >= 0.3 is 0 Å². The summed E-state index contributed by atoms with van der Waals surface area (Å²) in [5.41, 5.74) is 6.64. The maximum Gasteiger partial charge on any atom is 0.182 e. The van der Waals surface area contributed by atoms with Crippen LogP contribution < -0.4 is 4.68 Å². The minimum absolute atomic E-state index is 0.691. The highest BCUT2D eigenvalue weighted by Crippen LogP contribution is 2.20. The molecule has 0 aliphatic heterocycles. The van der Waals surface area contributed by atoms with E-state index in [1.54, 1.807) is 4.68 Å². The third kappa shape index (κ3) is 2.77. The second-order valence-corrected chi connectivity index (χ2v) is 4.13. The van der Waals surface area contributed by atoms with Gasteiger partial charge in [0, 0.05) is 18.0 Å². The monoisotopic (exact) mass is 247 g/mol. The van der Waals surface area contributed by atoms with E-state index in [2.05, 4.69) is 22.5 Å². The van der Waals surface area contributed by atoms with Gasteiger partial charge in [-0.25, -0.2) is 0 Å². The molecule has 3 nitrogen and oxygen atoms in total. The lowest BCUT2D eigenvalue weighted by atomic mass is 10.1. The fourth-order valence-corrected chi connectivity index (χ4v) is 1.82. The average Bonchev–Trinajstić information content (AvgIpc) is 2.50. The first-order valence-electron chi connectivity index (χ1n) is 6.12. The van der Waals surface area contributed by atoms with Crippen molar-refractivity contribution in [2.75, 3.05) is 0 Å². The Bertz CT molecular complexity index is 634. The topological polar surface area (TPSA) is 30.9 Å². The Kier molecular flexibility index (Phi) is 3.19. The first-order valence-corrected chi connectivity index (χ1v) is 6.12. The van der Waals surface area contributed by atoms with Crippen LogP contribution in [0.2, 0.25) is 0 Å². The number of nitrogens with zero attached hydrogens (tertiary/aromatic N) is 3. The molecule has 92 valence electrons. The summed E-state index contributed by atoms with van der Waals surface area (Å²) >= 11 is 0. The maximum absolute atomic E-state index is 4.38. The van der Waals surface area contributed by atoms with Gasteiger partial charge in [-0.1, -0.05) is 54.7 Å². The molecule has 0 bridgehead atoms. The average molecular weight is 247 g/mol. The Hall–Kier alpha value is -2.68. The van der Waals surface area contributed by atoms with Crippen LogP contribution in [0.15, 0.2) is 79.3 Å². The molecule has 3 aromatic rings. The molecular weight excluding hydrogens is 234 g/mol. The van der Waals surface area contributed by atoms with Gasteiger partial charge in [0.2, 0.25) is 0 Å². The fraction of sp³-hybridized carbons (Fsp3) is 0. The van der Waals surface area contributed by atoms with E-state index in [4.69, 9.17) is 0 Å². The lowest BCUT2D eigenvalue weighted by molar-refractivity contribution is -0.619. The van der Waals surface area contributed by atoms with Crippen molar-refractivity contribution in [3.8, 4) is 11.1 Å². The van der Waals surface area contributed by atoms with E-state index < -0.39 is 0 Å². The number of hydrogen-bond acceptors (Lipinski definition) is 1. The Morgan fingerprint density at radius 1 is 0.737 bits per heavy atom. The summed E-state index contributed by atoms with van der Waals surface area (Å²) in [6, 6.07) is 20.0. The highest BCUT2D eigenvalue weighted by atomic mass is 15.4. The van der Waals surface area contributed by atoms with Crippen molar-refractivity contribution in [1.29, 1.82) is 0 Å². The van der Waals surface area contributed by atoms with Crippen molar-refractivity contribution in [2.45, 2.75) is 0 Å². The third-order valence-electron chi connectivity index (χ3n) is 2.77. The molecule has 3 rings (SSSR count). The number of rotatable bonds is 3. The van der Waals surface area contributed by atoms with Crippen LogP contribution in [0.1, 0.15) is 0 Å². The lowest BCUT2D eigenvalue weighted by Crippen LogP contribution is -2.26. The molecule has 0 amide bonds. The minimum atomic E-state index is 0.691. The minimum Gasteiger partial charge on any atom is -0.438 e. The van der Waals surface area contributed by atoms with Crippen molar-refractivity contribution in [1.82, 2.24) is 4.98 Å². The smallest absolute Gasteiger partial charge is 0.182 e. The number of hydrogen-bond donors (Lipinski definition) is 0. The van der Waals surface area contributed by atoms with Gasteiger partial charge in [0.25, 0.3) is 0 Å². The largest absolute Gasteiger partial charge is 0.438 e. The van der Waals surface area contributed by atoms with E-state index in [9.17, 15) is 0 Å². The number of aromatic nitrogens is 2. The van der Waals surface area contributed by atoms with Gasteiger partial charge in [-0.15, -0.1) is 0 Å². The van der Waals surface area contributed by atoms with Crippen LogP contribution in [-0.2, 0) is 0 Å². The zero-order chi connectivity index (χ0) is 12.9. The second kappa shape index (κ2) is 5.31. The zero-order valence-corrected chi connectivity index (χ0v) is 10.3. The molecular formula is C16H13N3. The van der Waals surface area contributed by atoms with Crippen molar-refractivity contribution in [3.05, 3.63) is 84.7 Å². The normalized spacial score (nSPS) is 10.1. The SMILES string of the molecule is c1ccc(-c2ccc([N-][n+]3ccccc3)nc2)cc1. The van der Waals surface area contributed by atoms with E-state index in [-0.39, 0.29) is 0 Å². The van der Waals surface area contributed by atoms with E-state index in [0.29, 0.717) is 5.82 Å². The van der Waals surface area contributed by atoms with Crippen LogP contribution in [0.3, 0.4) is 0 Å². The molecule has 0 saturated heterocycles. The maximum atomic E-state index is 4.38. The molecule has 0 saturated carbocycles. The Morgan fingerprint density at radius 2 is 1.47 bits per heavy atom. The summed E-state index contributed by atoms with van der Waals surface area (Å²) in [6.07, 6.45) is 5.61. The van der Waals surface area contributed by atoms with Gasteiger partial charge in [-0.2, -0.15) is 10.1 Å². The molecule has 0 aliphatic carbocycles. The lowest BCUT2D eigenvalue weighted by Gasteiger charge is -2.10. The van der Waals surface area contributed by atoms with Gasteiger partial charge < -0.3 is 4.98 Å². The predicted octanol–water partition coefficient (Wildman–Crippen LogP) is 3.50. The van der Waals surface area contributed by atoms with Gasteiger partial charge in [-0.05, 0) is 11.1 Å². The molecule has 3 heteroatoms. The van der Waals surface area contributed by atoms with E-state index >= 15 is 0 Å². The van der Waals surface area contributed by atoms with Crippen LogP contribution in [0.4, 0.5) is 5.82 Å². The van der Waals surface area contributed by atoms with Crippen LogP contribution in [0.25, 0.3) is 16.6 Å². The van der Waals surface area contributed by atoms with Crippen LogP contribution in [0, 0.1) is 0 Å². The predicted molar refractivity (Wildman–Crippen MR) is 74.7 cm³/mol. The molecule has 1 aromatic carbocycles. The highest BCUT2D eigenvalue weighted by molar-refractivity contribution is 5.63. The molecule has 0 N–H and O–H groups in total. The zero-order valence-electron chi connectivity index (χ0n) is 10.3. The summed E-state index contributed by atoms with van der Waals surface area (Å²) in [5, 5.41) is 0. The summed E-state index contributed by atoms with van der Waals surface area (Å²) in [4.78, 5) is 4.36. The molecule has 0 spiro atoms. The number of pyridine rings is 2. The summed E-state index contributed by atoms with van der Waals surface area (Å²) in [6.45, 7) is 0. The van der Waals surface area contributed by atoms with Crippen LogP contribution in [0.5, 0.6) is 0 Å². The van der Waals surface area contributed by atoms with Gasteiger partial charge in [0.1, 0.15) is 0 Å². The molecule has 2 aromatic heterocycles. The molecule has 0 radical (unpaired) electrons. The van der Waals surface area contributed by atoms with E-state index in [1.807, 2.05) is 67.1 Å². The first kappa shape index (κ1) is 11.4. The molecule has 2 heterocycles. The molecule has 0 fully saturated rings. The second-order valence-electron chi connectivity index (χ2n) is 4.13. The summed E-state index contributed by atoms with van der Waals surface area (Å²) < 4.78 is 1.74. The van der Waals surface area contributed by atoms with Gasteiger partial charge in [0.15, 0.2) is 12.4 Å². The van der Waals surface area contributed by atoms with Crippen molar-refractivity contribution < 1.29 is 4.68 Å². The molecule has 0 atom stereocenters. The quantitative estimate of drug-likeness (QED) is 0.651.